The Labute approximate surface area is 125 Å². The van der Waals surface area contributed by atoms with Crippen LogP contribution in [0.4, 0.5) is 5.69 Å². The molecule has 0 unspecified atom stereocenters. The molecule has 0 aliphatic rings. The zero-order valence-electron chi connectivity index (χ0n) is 12.4. The standard InChI is InChI=1S/C17H20N2O2/c1-3-18-16(13-8-5-4-6-9-13)17(20)19-14-10-7-11-15(12-14)21-2/h4-12,16,18H,3H2,1-2H3,(H,19,20)/p+1/t16-/m1/s1. The average molecular weight is 285 g/mol. The molecular weight excluding hydrogens is 264 g/mol. The summed E-state index contributed by atoms with van der Waals surface area (Å²) in [5, 5.41) is 4.97. The first kappa shape index (κ1) is 15.1. The lowest BCUT2D eigenvalue weighted by molar-refractivity contribution is -0.679. The van der Waals surface area contributed by atoms with Crippen molar-refractivity contribution in [3.8, 4) is 5.75 Å². The van der Waals surface area contributed by atoms with Gasteiger partial charge >= 0.3 is 0 Å². The Morgan fingerprint density at radius 3 is 2.62 bits per heavy atom. The number of methoxy groups -OCH3 is 1. The van der Waals surface area contributed by atoms with Crippen LogP contribution in [0.1, 0.15) is 18.5 Å². The fraction of sp³-hybridized carbons (Fsp3) is 0.235. The van der Waals surface area contributed by atoms with Gasteiger partial charge in [0, 0.05) is 17.3 Å². The first-order valence-corrected chi connectivity index (χ1v) is 7.07. The van der Waals surface area contributed by atoms with Gasteiger partial charge in [-0.3, -0.25) is 4.79 Å². The molecule has 3 N–H and O–H groups in total. The van der Waals surface area contributed by atoms with Gasteiger partial charge in [0.25, 0.3) is 5.91 Å². The first-order valence-electron chi connectivity index (χ1n) is 7.07. The number of quaternary nitrogens is 1. The molecule has 0 saturated heterocycles. The highest BCUT2D eigenvalue weighted by molar-refractivity contribution is 5.94. The van der Waals surface area contributed by atoms with Gasteiger partial charge in [-0.25, -0.2) is 0 Å². The minimum atomic E-state index is -0.248. The van der Waals surface area contributed by atoms with Gasteiger partial charge in [-0.2, -0.15) is 0 Å². The predicted molar refractivity (Wildman–Crippen MR) is 83.3 cm³/mol. The summed E-state index contributed by atoms with van der Waals surface area (Å²) in [7, 11) is 1.61. The second-order valence-corrected chi connectivity index (χ2v) is 4.75. The van der Waals surface area contributed by atoms with E-state index in [0.717, 1.165) is 23.5 Å². The Balaban J connectivity index is 2.15. The highest BCUT2D eigenvalue weighted by Gasteiger charge is 2.23. The summed E-state index contributed by atoms with van der Waals surface area (Å²) in [5.74, 6) is 0.694. The zero-order valence-corrected chi connectivity index (χ0v) is 12.4. The number of hydrogen-bond donors (Lipinski definition) is 2. The minimum Gasteiger partial charge on any atom is -0.497 e. The van der Waals surface area contributed by atoms with E-state index >= 15 is 0 Å². The molecule has 1 atom stereocenters. The van der Waals surface area contributed by atoms with E-state index < -0.39 is 0 Å². The van der Waals surface area contributed by atoms with Crippen molar-refractivity contribution in [1.82, 2.24) is 0 Å². The van der Waals surface area contributed by atoms with E-state index in [1.807, 2.05) is 66.8 Å². The van der Waals surface area contributed by atoms with Crippen molar-refractivity contribution < 1.29 is 14.8 Å². The van der Waals surface area contributed by atoms with E-state index in [1.54, 1.807) is 7.11 Å². The van der Waals surface area contributed by atoms with Gasteiger partial charge in [-0.15, -0.1) is 0 Å². The van der Waals surface area contributed by atoms with Crippen molar-refractivity contribution in [2.75, 3.05) is 19.0 Å². The monoisotopic (exact) mass is 285 g/mol. The van der Waals surface area contributed by atoms with E-state index in [1.165, 1.54) is 0 Å². The van der Waals surface area contributed by atoms with Gasteiger partial charge in [0.1, 0.15) is 5.75 Å². The van der Waals surface area contributed by atoms with Crippen molar-refractivity contribution >= 4 is 11.6 Å². The van der Waals surface area contributed by atoms with Crippen molar-refractivity contribution in [2.24, 2.45) is 0 Å². The number of benzene rings is 2. The van der Waals surface area contributed by atoms with Crippen LogP contribution in [0.5, 0.6) is 5.75 Å². The van der Waals surface area contributed by atoms with Crippen molar-refractivity contribution in [1.29, 1.82) is 0 Å². The van der Waals surface area contributed by atoms with Crippen LogP contribution >= 0.6 is 0 Å². The second kappa shape index (κ2) is 7.45. The fourth-order valence-electron chi connectivity index (χ4n) is 2.21. The fourth-order valence-corrected chi connectivity index (χ4v) is 2.21. The normalized spacial score (nSPS) is 11.7. The number of rotatable bonds is 6. The Hall–Kier alpha value is -2.33. The largest absolute Gasteiger partial charge is 0.497 e. The number of ether oxygens (including phenoxy) is 1. The number of anilines is 1. The summed E-state index contributed by atoms with van der Waals surface area (Å²) in [6, 6.07) is 16.9. The van der Waals surface area contributed by atoms with Crippen molar-refractivity contribution in [2.45, 2.75) is 13.0 Å². The molecule has 0 spiro atoms. The van der Waals surface area contributed by atoms with Crippen LogP contribution in [0.2, 0.25) is 0 Å². The van der Waals surface area contributed by atoms with Gasteiger partial charge in [-0.05, 0) is 19.1 Å². The average Bonchev–Trinajstić information content (AvgIpc) is 2.53. The lowest BCUT2D eigenvalue weighted by atomic mass is 10.1. The molecule has 0 heterocycles. The first-order chi connectivity index (χ1) is 10.2. The van der Waals surface area contributed by atoms with Crippen LogP contribution in [0.3, 0.4) is 0 Å². The smallest absolute Gasteiger partial charge is 0.287 e. The Morgan fingerprint density at radius 2 is 1.95 bits per heavy atom. The van der Waals surface area contributed by atoms with Gasteiger partial charge in [0.15, 0.2) is 6.04 Å². The summed E-state index contributed by atoms with van der Waals surface area (Å²) >= 11 is 0. The molecule has 0 aromatic heterocycles. The van der Waals surface area contributed by atoms with Gasteiger partial charge in [-0.1, -0.05) is 36.4 Å². The molecule has 0 bridgehead atoms. The second-order valence-electron chi connectivity index (χ2n) is 4.75. The molecule has 1 amide bonds. The number of hydrogen-bond acceptors (Lipinski definition) is 2. The number of nitrogens with one attached hydrogen (secondary N) is 1. The Morgan fingerprint density at radius 1 is 1.19 bits per heavy atom. The number of nitrogens with two attached hydrogens (primary N) is 1. The van der Waals surface area contributed by atoms with Gasteiger partial charge < -0.3 is 15.4 Å². The Kier molecular flexibility index (Phi) is 5.35. The van der Waals surface area contributed by atoms with Crippen molar-refractivity contribution in [3.63, 3.8) is 0 Å². The lowest BCUT2D eigenvalue weighted by Crippen LogP contribution is -2.86. The topological polar surface area (TPSA) is 54.9 Å². The van der Waals surface area contributed by atoms with E-state index in [9.17, 15) is 4.79 Å². The third-order valence-electron chi connectivity index (χ3n) is 3.25. The van der Waals surface area contributed by atoms with E-state index in [2.05, 4.69) is 5.32 Å². The molecule has 0 aliphatic carbocycles. The number of carbonyl (C=O) groups excluding carboxylic acids is 1. The van der Waals surface area contributed by atoms with Gasteiger partial charge in [0.05, 0.1) is 13.7 Å². The molecule has 0 saturated carbocycles. The molecule has 0 radical (unpaired) electrons. The summed E-state index contributed by atoms with van der Waals surface area (Å²) in [5.41, 5.74) is 1.74. The summed E-state index contributed by atoms with van der Waals surface area (Å²) in [4.78, 5) is 12.5. The van der Waals surface area contributed by atoms with Crippen LogP contribution in [-0.2, 0) is 4.79 Å². The molecule has 21 heavy (non-hydrogen) atoms. The molecule has 4 nitrogen and oxygen atoms in total. The molecule has 110 valence electrons. The van der Waals surface area contributed by atoms with Crippen LogP contribution in [0.25, 0.3) is 0 Å². The lowest BCUT2D eigenvalue weighted by Gasteiger charge is -2.15. The molecule has 0 aliphatic heterocycles. The molecule has 0 fully saturated rings. The minimum absolute atomic E-state index is 0.0312. The van der Waals surface area contributed by atoms with Crippen molar-refractivity contribution in [3.05, 3.63) is 60.2 Å². The molecular formula is C17H21N2O2+. The SMILES string of the molecule is CC[NH2+][C@@H](C(=O)Nc1cccc(OC)c1)c1ccccc1. The quantitative estimate of drug-likeness (QED) is 0.852. The molecule has 2 aromatic carbocycles. The highest BCUT2D eigenvalue weighted by Crippen LogP contribution is 2.18. The zero-order chi connectivity index (χ0) is 15.1. The van der Waals surface area contributed by atoms with E-state index in [0.29, 0.717) is 0 Å². The maximum atomic E-state index is 12.5. The maximum absolute atomic E-state index is 12.5. The number of amides is 1. The van der Waals surface area contributed by atoms with Gasteiger partial charge in [0.2, 0.25) is 0 Å². The molecule has 2 rings (SSSR count). The van der Waals surface area contributed by atoms with E-state index in [4.69, 9.17) is 4.74 Å². The third-order valence-corrected chi connectivity index (χ3v) is 3.25. The van der Waals surface area contributed by atoms with E-state index in [-0.39, 0.29) is 11.9 Å². The molecule has 4 heteroatoms. The van der Waals surface area contributed by atoms with Crippen LogP contribution in [0.15, 0.2) is 54.6 Å². The summed E-state index contributed by atoms with van der Waals surface area (Å²) in [6.45, 7) is 2.87. The summed E-state index contributed by atoms with van der Waals surface area (Å²) in [6.07, 6.45) is 0. The Bertz CT molecular complexity index is 584. The highest BCUT2D eigenvalue weighted by atomic mass is 16.5. The third kappa shape index (κ3) is 4.07. The van der Waals surface area contributed by atoms with Crippen LogP contribution in [0, 0.1) is 0 Å². The molecule has 2 aromatic rings. The van der Waals surface area contributed by atoms with Crippen LogP contribution < -0.4 is 15.4 Å². The maximum Gasteiger partial charge on any atom is 0.287 e. The number of likely N-dealkylation sites (N-methyl/N-ethyl adjacent to an activating group) is 1. The number of carbonyl (C=O) groups is 1. The van der Waals surface area contributed by atoms with Crippen LogP contribution in [-0.4, -0.2) is 19.6 Å². The predicted octanol–water partition coefficient (Wildman–Crippen LogP) is 1.96. The summed E-state index contributed by atoms with van der Waals surface area (Å²) < 4.78 is 5.17.